The van der Waals surface area contributed by atoms with Crippen LogP contribution in [-0.4, -0.2) is 35.9 Å². The lowest BCUT2D eigenvalue weighted by molar-refractivity contribution is -0.274. The molecule has 0 radical (unpaired) electrons. The molecule has 3 rings (SSSR count). The fourth-order valence-electron chi connectivity index (χ4n) is 3.03. The molecule has 0 saturated carbocycles. The molecule has 1 aliphatic heterocycles. The van der Waals surface area contributed by atoms with Gasteiger partial charge in [-0.15, -0.1) is 13.2 Å². The van der Waals surface area contributed by atoms with Gasteiger partial charge < -0.3 is 20.1 Å². The van der Waals surface area contributed by atoms with Crippen LogP contribution in [0.3, 0.4) is 0 Å². The zero-order valence-corrected chi connectivity index (χ0v) is 14.6. The molecule has 1 heterocycles. The normalized spacial score (nSPS) is 17.0. The highest BCUT2D eigenvalue weighted by Gasteiger charge is 2.34. The number of carboxylic acids is 1. The predicted octanol–water partition coefficient (Wildman–Crippen LogP) is 3.18. The largest absolute Gasteiger partial charge is 0.573 e. The number of nitrogens with zero attached hydrogens (tertiary/aromatic N) is 1. The highest BCUT2D eigenvalue weighted by molar-refractivity contribution is 5.99. The number of halogens is 3. The van der Waals surface area contributed by atoms with Crippen LogP contribution in [0.15, 0.2) is 48.5 Å². The van der Waals surface area contributed by atoms with Crippen LogP contribution in [0.25, 0.3) is 0 Å². The number of ether oxygens (including phenoxy) is 1. The Kier molecular flexibility index (Phi) is 5.55. The van der Waals surface area contributed by atoms with Crippen LogP contribution < -0.4 is 15.0 Å². The van der Waals surface area contributed by atoms with E-state index in [-0.39, 0.29) is 17.2 Å². The summed E-state index contributed by atoms with van der Waals surface area (Å²) in [6.07, 6.45) is -4.33. The highest BCUT2D eigenvalue weighted by atomic mass is 19.4. The first kappa shape index (κ1) is 19.7. The number of nitrogens with one attached hydrogen (secondary N) is 1. The van der Waals surface area contributed by atoms with Crippen LogP contribution in [0.2, 0.25) is 0 Å². The van der Waals surface area contributed by atoms with Crippen molar-refractivity contribution in [3.05, 3.63) is 59.7 Å². The number of hydrogen-bond donors (Lipinski definition) is 2. The Labute approximate surface area is 158 Å². The fraction of sp³-hybridized carbons (Fsp3) is 0.263. The molecule has 1 unspecified atom stereocenters. The van der Waals surface area contributed by atoms with E-state index in [4.69, 9.17) is 5.11 Å². The van der Waals surface area contributed by atoms with Gasteiger partial charge >= 0.3 is 12.3 Å². The third-order valence-electron chi connectivity index (χ3n) is 4.29. The third-order valence-corrected chi connectivity index (χ3v) is 4.29. The Balaban J connectivity index is 1.64. The maximum Gasteiger partial charge on any atom is 0.573 e. The fourth-order valence-corrected chi connectivity index (χ4v) is 3.03. The minimum absolute atomic E-state index is 0.153. The summed E-state index contributed by atoms with van der Waals surface area (Å²) in [7, 11) is 0. The van der Waals surface area contributed by atoms with E-state index in [2.05, 4.69) is 10.1 Å². The van der Waals surface area contributed by atoms with E-state index in [0.717, 1.165) is 0 Å². The van der Waals surface area contributed by atoms with Crippen LogP contribution in [0.5, 0.6) is 5.75 Å². The Morgan fingerprint density at radius 3 is 2.68 bits per heavy atom. The van der Waals surface area contributed by atoms with Gasteiger partial charge in [-0.05, 0) is 36.2 Å². The molecule has 0 aromatic heterocycles. The molecule has 1 atom stereocenters. The van der Waals surface area contributed by atoms with Gasteiger partial charge in [0.15, 0.2) is 0 Å². The SMILES string of the molecule is O=C(O)c1cccc(CNC2CCN(c3cccc(OC(F)(F)F)c3)C2=O)c1. The molecule has 0 spiro atoms. The average Bonchev–Trinajstić information content (AvgIpc) is 2.99. The molecule has 0 aliphatic carbocycles. The van der Waals surface area contributed by atoms with Gasteiger partial charge in [-0.25, -0.2) is 4.79 Å². The number of alkyl halides is 3. The maximum atomic E-state index is 12.6. The minimum atomic E-state index is -4.80. The number of aromatic carboxylic acids is 1. The molecule has 2 N–H and O–H groups in total. The summed E-state index contributed by atoms with van der Waals surface area (Å²) in [6.45, 7) is 0.643. The number of carbonyl (C=O) groups is 2. The van der Waals surface area contributed by atoms with Gasteiger partial charge in [0.25, 0.3) is 0 Å². The molecule has 2 aromatic rings. The van der Waals surface area contributed by atoms with Gasteiger partial charge in [-0.2, -0.15) is 0 Å². The monoisotopic (exact) mass is 394 g/mol. The van der Waals surface area contributed by atoms with E-state index >= 15 is 0 Å². The first-order chi connectivity index (χ1) is 13.2. The van der Waals surface area contributed by atoms with E-state index in [9.17, 15) is 22.8 Å². The average molecular weight is 394 g/mol. The van der Waals surface area contributed by atoms with E-state index < -0.39 is 18.4 Å². The quantitative estimate of drug-likeness (QED) is 0.787. The third kappa shape index (κ3) is 4.80. The molecule has 9 heteroatoms. The smallest absolute Gasteiger partial charge is 0.478 e. The number of carbonyl (C=O) groups excluding carboxylic acids is 1. The molecular formula is C19H17F3N2O4. The minimum Gasteiger partial charge on any atom is -0.478 e. The van der Waals surface area contributed by atoms with Crippen molar-refractivity contribution < 1.29 is 32.6 Å². The molecule has 28 heavy (non-hydrogen) atoms. The van der Waals surface area contributed by atoms with E-state index in [0.29, 0.717) is 30.8 Å². The number of amides is 1. The van der Waals surface area contributed by atoms with Crippen molar-refractivity contribution in [3.63, 3.8) is 0 Å². The van der Waals surface area contributed by atoms with Crippen molar-refractivity contribution in [2.75, 3.05) is 11.4 Å². The van der Waals surface area contributed by atoms with Crippen LogP contribution in [0.4, 0.5) is 18.9 Å². The number of anilines is 1. The lowest BCUT2D eigenvalue weighted by Crippen LogP contribution is -2.38. The molecule has 1 aliphatic rings. The van der Waals surface area contributed by atoms with Crippen LogP contribution in [-0.2, 0) is 11.3 Å². The number of rotatable bonds is 6. The van der Waals surface area contributed by atoms with E-state index in [1.165, 1.54) is 35.2 Å². The van der Waals surface area contributed by atoms with Gasteiger partial charge in [0.1, 0.15) is 5.75 Å². The molecule has 1 amide bonds. The zero-order chi connectivity index (χ0) is 20.3. The van der Waals surface area contributed by atoms with Gasteiger partial charge in [0.05, 0.1) is 11.6 Å². The summed E-state index contributed by atoms with van der Waals surface area (Å²) in [5, 5.41) is 12.1. The van der Waals surface area contributed by atoms with Gasteiger partial charge in [-0.1, -0.05) is 18.2 Å². The summed E-state index contributed by atoms with van der Waals surface area (Å²) in [6, 6.07) is 11.1. The van der Waals surface area contributed by atoms with Crippen molar-refractivity contribution in [1.29, 1.82) is 0 Å². The highest BCUT2D eigenvalue weighted by Crippen LogP contribution is 2.29. The lowest BCUT2D eigenvalue weighted by atomic mass is 10.1. The zero-order valence-electron chi connectivity index (χ0n) is 14.6. The Hall–Kier alpha value is -3.07. The van der Waals surface area contributed by atoms with Crippen molar-refractivity contribution in [2.24, 2.45) is 0 Å². The van der Waals surface area contributed by atoms with Crippen molar-refractivity contribution in [2.45, 2.75) is 25.4 Å². The number of benzene rings is 2. The first-order valence-electron chi connectivity index (χ1n) is 8.46. The molecule has 148 valence electrons. The first-order valence-corrected chi connectivity index (χ1v) is 8.46. The standard InChI is InChI=1S/C19H17F3N2O4/c20-19(21,22)28-15-6-2-5-14(10-15)24-8-7-16(17(24)25)23-11-12-3-1-4-13(9-12)18(26)27/h1-6,9-10,16,23H,7-8,11H2,(H,26,27). The summed E-state index contributed by atoms with van der Waals surface area (Å²) in [4.78, 5) is 25.0. The van der Waals surface area contributed by atoms with E-state index in [1.807, 2.05) is 0 Å². The second kappa shape index (κ2) is 7.89. The Bertz CT molecular complexity index is 885. The molecular weight excluding hydrogens is 377 g/mol. The van der Waals surface area contributed by atoms with Crippen molar-refractivity contribution in [3.8, 4) is 5.75 Å². The number of hydrogen-bond acceptors (Lipinski definition) is 4. The second-order valence-electron chi connectivity index (χ2n) is 6.26. The van der Waals surface area contributed by atoms with Crippen LogP contribution >= 0.6 is 0 Å². The van der Waals surface area contributed by atoms with Gasteiger partial charge in [-0.3, -0.25) is 4.79 Å². The van der Waals surface area contributed by atoms with Crippen LogP contribution in [0.1, 0.15) is 22.3 Å². The van der Waals surface area contributed by atoms with Gasteiger partial charge in [0.2, 0.25) is 5.91 Å². The molecule has 1 fully saturated rings. The molecule has 6 nitrogen and oxygen atoms in total. The summed E-state index contributed by atoms with van der Waals surface area (Å²) < 4.78 is 41.0. The van der Waals surface area contributed by atoms with Crippen molar-refractivity contribution >= 4 is 17.6 Å². The van der Waals surface area contributed by atoms with Gasteiger partial charge in [0, 0.05) is 24.8 Å². The Morgan fingerprint density at radius 1 is 1.21 bits per heavy atom. The topological polar surface area (TPSA) is 78.9 Å². The predicted molar refractivity (Wildman–Crippen MR) is 94.1 cm³/mol. The lowest BCUT2D eigenvalue weighted by Gasteiger charge is -2.18. The van der Waals surface area contributed by atoms with Crippen LogP contribution in [0, 0.1) is 0 Å². The second-order valence-corrected chi connectivity index (χ2v) is 6.26. The molecule has 0 bridgehead atoms. The van der Waals surface area contributed by atoms with E-state index in [1.54, 1.807) is 18.2 Å². The summed E-state index contributed by atoms with van der Waals surface area (Å²) in [5.74, 6) is -1.69. The summed E-state index contributed by atoms with van der Waals surface area (Å²) in [5.41, 5.74) is 1.19. The Morgan fingerprint density at radius 2 is 1.96 bits per heavy atom. The molecule has 1 saturated heterocycles. The summed E-state index contributed by atoms with van der Waals surface area (Å²) >= 11 is 0. The van der Waals surface area contributed by atoms with Crippen molar-refractivity contribution in [1.82, 2.24) is 5.32 Å². The molecule has 2 aromatic carbocycles. The number of carboxylic acid groups (broad SMARTS) is 1. The maximum absolute atomic E-state index is 12.6.